The second-order valence-corrected chi connectivity index (χ2v) is 7.25. The van der Waals surface area contributed by atoms with Gasteiger partial charge in [-0.05, 0) is 46.7 Å². The van der Waals surface area contributed by atoms with E-state index in [9.17, 15) is 10.2 Å². The first-order valence-electron chi connectivity index (χ1n) is 9.62. The fraction of sp³-hybridized carbons (Fsp3) is 0.0800. The first-order valence-corrected chi connectivity index (χ1v) is 9.62. The quantitative estimate of drug-likeness (QED) is 0.404. The van der Waals surface area contributed by atoms with Crippen LogP contribution in [0.25, 0.3) is 10.8 Å². The fourth-order valence-corrected chi connectivity index (χ4v) is 3.95. The lowest BCUT2D eigenvalue weighted by Crippen LogP contribution is -2.14. The zero-order valence-corrected chi connectivity index (χ0v) is 15.7. The van der Waals surface area contributed by atoms with Crippen LogP contribution in [0.4, 0.5) is 11.4 Å². The Hall–Kier alpha value is -3.79. The lowest BCUT2D eigenvalue weighted by atomic mass is 9.93. The molecule has 1 heterocycles. The molecule has 3 N–H and O–H groups in total. The molecule has 1 atom stereocenters. The van der Waals surface area contributed by atoms with E-state index in [2.05, 4.69) is 5.32 Å². The molecule has 4 heteroatoms. The van der Waals surface area contributed by atoms with Crippen LogP contribution < -0.4 is 5.32 Å². The van der Waals surface area contributed by atoms with E-state index in [0.29, 0.717) is 6.42 Å². The Morgan fingerprint density at radius 1 is 0.793 bits per heavy atom. The highest BCUT2D eigenvalue weighted by Crippen LogP contribution is 2.38. The van der Waals surface area contributed by atoms with Crippen LogP contribution in [0.1, 0.15) is 23.6 Å². The van der Waals surface area contributed by atoms with Crippen LogP contribution in [0.3, 0.4) is 0 Å². The van der Waals surface area contributed by atoms with E-state index in [1.807, 2.05) is 66.7 Å². The number of nitrogens with zero attached hydrogens (tertiary/aromatic N) is 1. The van der Waals surface area contributed by atoms with Gasteiger partial charge in [0.1, 0.15) is 11.5 Å². The van der Waals surface area contributed by atoms with E-state index in [1.165, 1.54) is 0 Å². The van der Waals surface area contributed by atoms with Crippen molar-refractivity contribution in [2.75, 3.05) is 5.32 Å². The predicted octanol–water partition coefficient (Wildman–Crippen LogP) is 5.93. The molecule has 29 heavy (non-hydrogen) atoms. The van der Waals surface area contributed by atoms with Crippen molar-refractivity contribution in [2.24, 2.45) is 4.99 Å². The maximum atomic E-state index is 10.8. The highest BCUT2D eigenvalue weighted by atomic mass is 16.3. The van der Waals surface area contributed by atoms with Crippen molar-refractivity contribution in [3.63, 3.8) is 0 Å². The molecule has 0 spiro atoms. The number of rotatable bonds is 2. The average molecular weight is 380 g/mol. The molecule has 1 aliphatic rings. The third-order valence-corrected chi connectivity index (χ3v) is 5.38. The number of phenolic OH excluding ortho intramolecular Hbond substituents is 2. The summed E-state index contributed by atoms with van der Waals surface area (Å²) < 4.78 is 0. The van der Waals surface area contributed by atoms with E-state index in [0.717, 1.165) is 39.0 Å². The van der Waals surface area contributed by atoms with Gasteiger partial charge in [-0.15, -0.1) is 0 Å². The predicted molar refractivity (Wildman–Crippen MR) is 117 cm³/mol. The van der Waals surface area contributed by atoms with Crippen LogP contribution in [-0.2, 0) is 0 Å². The summed E-state index contributed by atoms with van der Waals surface area (Å²) in [4.78, 5) is 4.96. The summed E-state index contributed by atoms with van der Waals surface area (Å²) >= 11 is 0. The van der Waals surface area contributed by atoms with Crippen molar-refractivity contribution in [2.45, 2.75) is 12.5 Å². The molecule has 142 valence electrons. The van der Waals surface area contributed by atoms with E-state index in [-0.39, 0.29) is 17.5 Å². The van der Waals surface area contributed by atoms with Crippen molar-refractivity contribution in [1.82, 2.24) is 0 Å². The van der Waals surface area contributed by atoms with Crippen LogP contribution in [0.2, 0.25) is 0 Å². The van der Waals surface area contributed by atoms with Gasteiger partial charge in [0, 0.05) is 12.0 Å². The van der Waals surface area contributed by atoms with Crippen LogP contribution in [0, 0.1) is 0 Å². The number of fused-ring (bicyclic) bond motifs is 2. The minimum atomic E-state index is -0.0450. The van der Waals surface area contributed by atoms with Crippen LogP contribution in [-0.4, -0.2) is 15.9 Å². The molecule has 1 aliphatic heterocycles. The SMILES string of the molecule is Oc1ccc(C2CC(c3c(O)ccc4ccccc34)=Nc3ccccc3N2)cc1. The van der Waals surface area contributed by atoms with Gasteiger partial charge in [0.15, 0.2) is 0 Å². The summed E-state index contributed by atoms with van der Waals surface area (Å²) in [6, 6.07) is 26.8. The molecule has 1 unspecified atom stereocenters. The molecule has 4 aromatic rings. The summed E-state index contributed by atoms with van der Waals surface area (Å²) in [5.41, 5.74) is 4.43. The molecule has 0 bridgehead atoms. The molecule has 0 radical (unpaired) electrons. The molecule has 0 saturated heterocycles. The Bertz CT molecular complexity index is 1230. The van der Waals surface area contributed by atoms with Crippen molar-refractivity contribution < 1.29 is 10.2 Å². The van der Waals surface area contributed by atoms with Crippen molar-refractivity contribution >= 4 is 27.9 Å². The van der Waals surface area contributed by atoms with Gasteiger partial charge < -0.3 is 15.5 Å². The van der Waals surface area contributed by atoms with Gasteiger partial charge in [-0.1, -0.05) is 54.6 Å². The smallest absolute Gasteiger partial charge is 0.125 e. The first kappa shape index (κ1) is 17.3. The standard InChI is InChI=1S/C25H20N2O2/c28-18-12-9-17(10-13-18)22-15-23(27-21-8-4-3-7-20(21)26-22)25-19-6-2-1-5-16(19)11-14-24(25)29/h1-14,22,26,28-29H,15H2. The van der Waals surface area contributed by atoms with Crippen molar-refractivity contribution in [1.29, 1.82) is 0 Å². The zero-order valence-electron chi connectivity index (χ0n) is 15.7. The van der Waals surface area contributed by atoms with Gasteiger partial charge in [-0.3, -0.25) is 4.99 Å². The molecule has 0 aromatic heterocycles. The Balaban J connectivity index is 1.70. The Morgan fingerprint density at radius 2 is 1.55 bits per heavy atom. The number of aliphatic imine (C=N–C) groups is 1. The molecule has 4 nitrogen and oxygen atoms in total. The largest absolute Gasteiger partial charge is 0.508 e. The Labute approximate surface area is 168 Å². The number of aromatic hydroxyl groups is 2. The molecule has 0 aliphatic carbocycles. The molecule has 4 aromatic carbocycles. The zero-order chi connectivity index (χ0) is 19.8. The molecule has 0 fully saturated rings. The Kier molecular flexibility index (Phi) is 4.17. The highest BCUT2D eigenvalue weighted by Gasteiger charge is 2.23. The van der Waals surface area contributed by atoms with Crippen LogP contribution in [0.5, 0.6) is 11.5 Å². The number of hydrogen-bond acceptors (Lipinski definition) is 4. The summed E-state index contributed by atoms with van der Waals surface area (Å²) in [6.07, 6.45) is 0.598. The van der Waals surface area contributed by atoms with E-state index < -0.39 is 0 Å². The van der Waals surface area contributed by atoms with Gasteiger partial charge in [-0.25, -0.2) is 0 Å². The molecule has 0 amide bonds. The third kappa shape index (κ3) is 3.19. The monoisotopic (exact) mass is 380 g/mol. The maximum Gasteiger partial charge on any atom is 0.125 e. The average Bonchev–Trinajstić information content (AvgIpc) is 2.93. The summed E-state index contributed by atoms with van der Waals surface area (Å²) in [5, 5.41) is 26.1. The molecule has 5 rings (SSSR count). The number of nitrogens with one attached hydrogen (secondary N) is 1. The van der Waals surface area contributed by atoms with E-state index in [1.54, 1.807) is 18.2 Å². The number of phenols is 2. The lowest BCUT2D eigenvalue weighted by molar-refractivity contribution is 0.474. The van der Waals surface area contributed by atoms with Gasteiger partial charge in [0.05, 0.1) is 23.1 Å². The van der Waals surface area contributed by atoms with Crippen molar-refractivity contribution in [3.05, 3.63) is 96.1 Å². The topological polar surface area (TPSA) is 64.8 Å². The molecular formula is C25H20N2O2. The van der Waals surface area contributed by atoms with Gasteiger partial charge >= 0.3 is 0 Å². The number of para-hydroxylation sites is 2. The van der Waals surface area contributed by atoms with Gasteiger partial charge in [0.2, 0.25) is 0 Å². The summed E-state index contributed by atoms with van der Waals surface area (Å²) in [6.45, 7) is 0. The maximum absolute atomic E-state index is 10.8. The summed E-state index contributed by atoms with van der Waals surface area (Å²) in [5.74, 6) is 0.467. The minimum Gasteiger partial charge on any atom is -0.508 e. The molecular weight excluding hydrogens is 360 g/mol. The van der Waals surface area contributed by atoms with E-state index >= 15 is 0 Å². The number of hydrogen-bond donors (Lipinski definition) is 3. The highest BCUT2D eigenvalue weighted by molar-refractivity contribution is 6.14. The number of anilines is 1. The van der Waals surface area contributed by atoms with Crippen LogP contribution in [0.15, 0.2) is 89.9 Å². The Morgan fingerprint density at radius 3 is 2.41 bits per heavy atom. The van der Waals surface area contributed by atoms with E-state index in [4.69, 9.17) is 4.99 Å². The fourth-order valence-electron chi connectivity index (χ4n) is 3.95. The second kappa shape index (κ2) is 6.99. The first-order chi connectivity index (χ1) is 14.2. The van der Waals surface area contributed by atoms with Gasteiger partial charge in [-0.2, -0.15) is 0 Å². The minimum absolute atomic E-state index is 0.0450. The number of benzene rings is 4. The third-order valence-electron chi connectivity index (χ3n) is 5.38. The molecule has 0 saturated carbocycles. The van der Waals surface area contributed by atoms with Crippen LogP contribution >= 0.6 is 0 Å². The second-order valence-electron chi connectivity index (χ2n) is 7.25. The van der Waals surface area contributed by atoms with Crippen molar-refractivity contribution in [3.8, 4) is 11.5 Å². The lowest BCUT2D eigenvalue weighted by Gasteiger charge is -2.20. The summed E-state index contributed by atoms with van der Waals surface area (Å²) in [7, 11) is 0. The normalized spacial score (nSPS) is 15.9. The van der Waals surface area contributed by atoms with Gasteiger partial charge in [0.25, 0.3) is 0 Å².